The second kappa shape index (κ2) is 7.04. The lowest BCUT2D eigenvalue weighted by Crippen LogP contribution is -2.22. The number of ether oxygens (including phenoxy) is 2. The Hall–Kier alpha value is -1.69. The molecular weight excluding hydrogens is 316 g/mol. The minimum absolute atomic E-state index is 0.449. The molecule has 0 fully saturated rings. The van der Waals surface area contributed by atoms with E-state index in [1.165, 1.54) is 14.0 Å². The quantitative estimate of drug-likeness (QED) is 0.612. The first-order valence-corrected chi connectivity index (χ1v) is 6.26. The highest BCUT2D eigenvalue weighted by Gasteiger charge is 2.27. The summed E-state index contributed by atoms with van der Waals surface area (Å²) in [4.78, 5) is 34.2. The van der Waals surface area contributed by atoms with E-state index in [4.69, 9.17) is 4.74 Å². The van der Waals surface area contributed by atoms with Gasteiger partial charge in [0.25, 0.3) is 0 Å². The van der Waals surface area contributed by atoms with Crippen molar-refractivity contribution in [1.82, 2.24) is 0 Å². The molecule has 0 aromatic heterocycles. The maximum Gasteiger partial charge on any atom is 0.313 e. The first-order chi connectivity index (χ1) is 8.95. The van der Waals surface area contributed by atoms with E-state index in [-0.39, 0.29) is 0 Å². The highest BCUT2D eigenvalue weighted by molar-refractivity contribution is 9.10. The Morgan fingerprint density at radius 3 is 2.42 bits per heavy atom. The number of carbonyl (C=O) groups excluding carboxylic acids is 3. The van der Waals surface area contributed by atoms with Gasteiger partial charge in [-0.2, -0.15) is 0 Å². The minimum atomic E-state index is -1.12. The normalized spacial score (nSPS) is 11.5. The van der Waals surface area contributed by atoms with Crippen molar-refractivity contribution in [3.05, 3.63) is 34.3 Å². The van der Waals surface area contributed by atoms with Gasteiger partial charge in [0.2, 0.25) is 0 Å². The van der Waals surface area contributed by atoms with Crippen LogP contribution in [-0.4, -0.2) is 24.8 Å². The molecule has 1 atom stereocenters. The van der Waals surface area contributed by atoms with Crippen molar-refractivity contribution in [2.75, 3.05) is 7.11 Å². The zero-order chi connectivity index (χ0) is 14.4. The van der Waals surface area contributed by atoms with Gasteiger partial charge in [0, 0.05) is 17.0 Å². The summed E-state index contributed by atoms with van der Waals surface area (Å²) < 4.78 is 10.1. The number of rotatable bonds is 5. The van der Waals surface area contributed by atoms with Crippen molar-refractivity contribution in [2.45, 2.75) is 19.4 Å². The van der Waals surface area contributed by atoms with Crippen LogP contribution in [0.4, 0.5) is 0 Å². The molecule has 1 rings (SSSR count). The molecule has 0 radical (unpaired) electrons. The van der Waals surface area contributed by atoms with Crippen LogP contribution in [0.2, 0.25) is 0 Å². The first-order valence-electron chi connectivity index (χ1n) is 5.47. The molecule has 5 nitrogen and oxygen atoms in total. The number of hydrogen-bond donors (Lipinski definition) is 0. The molecule has 19 heavy (non-hydrogen) atoms. The fourth-order valence-corrected chi connectivity index (χ4v) is 1.96. The number of carbonyl (C=O) groups is 3. The number of benzene rings is 1. The lowest BCUT2D eigenvalue weighted by molar-refractivity contribution is -0.156. The summed E-state index contributed by atoms with van der Waals surface area (Å²) in [5, 5.41) is 0. The lowest BCUT2D eigenvalue weighted by Gasteiger charge is -2.17. The number of ketones is 1. The van der Waals surface area contributed by atoms with E-state index in [2.05, 4.69) is 20.7 Å². The molecule has 6 heteroatoms. The van der Waals surface area contributed by atoms with Crippen LogP contribution in [0.1, 0.15) is 25.0 Å². The highest BCUT2D eigenvalue weighted by Crippen LogP contribution is 2.27. The monoisotopic (exact) mass is 328 g/mol. The van der Waals surface area contributed by atoms with Gasteiger partial charge in [0.15, 0.2) is 11.9 Å². The summed E-state index contributed by atoms with van der Waals surface area (Å²) in [6, 6.07) is 6.84. The third-order valence-electron chi connectivity index (χ3n) is 2.31. The average molecular weight is 329 g/mol. The van der Waals surface area contributed by atoms with Crippen LogP contribution in [0.15, 0.2) is 28.7 Å². The summed E-state index contributed by atoms with van der Waals surface area (Å²) in [5.41, 5.74) is 0.492. The lowest BCUT2D eigenvalue weighted by atomic mass is 10.0. The van der Waals surface area contributed by atoms with Gasteiger partial charge in [0.1, 0.15) is 6.42 Å². The molecule has 1 aromatic rings. The number of methoxy groups -OCH3 is 1. The second-order valence-corrected chi connectivity index (χ2v) is 4.58. The molecule has 0 heterocycles. The molecule has 0 N–H and O–H groups in total. The number of Topliss-reactive ketones (excluding diaryl/α,β-unsaturated/α-hetero) is 1. The fraction of sp³-hybridized carbons (Fsp3) is 0.308. The molecule has 0 aliphatic heterocycles. The highest BCUT2D eigenvalue weighted by atomic mass is 79.9. The summed E-state index contributed by atoms with van der Waals surface area (Å²) in [6.45, 7) is 1.20. The van der Waals surface area contributed by atoms with Crippen molar-refractivity contribution in [2.24, 2.45) is 0 Å². The van der Waals surface area contributed by atoms with Crippen LogP contribution in [0.3, 0.4) is 0 Å². The Morgan fingerprint density at radius 2 is 1.89 bits per heavy atom. The van der Waals surface area contributed by atoms with Crippen molar-refractivity contribution < 1.29 is 23.9 Å². The molecule has 0 saturated heterocycles. The maximum absolute atomic E-state index is 12.0. The van der Waals surface area contributed by atoms with E-state index in [1.807, 2.05) is 0 Å². The summed E-state index contributed by atoms with van der Waals surface area (Å²) in [6.07, 6.45) is -1.57. The third kappa shape index (κ3) is 4.48. The Kier molecular flexibility index (Phi) is 5.69. The van der Waals surface area contributed by atoms with Crippen molar-refractivity contribution in [3.63, 3.8) is 0 Å². The molecule has 1 aromatic carbocycles. The summed E-state index contributed by atoms with van der Waals surface area (Å²) in [7, 11) is 1.19. The van der Waals surface area contributed by atoms with Crippen LogP contribution in [-0.2, 0) is 23.9 Å². The molecule has 0 amide bonds. The van der Waals surface area contributed by atoms with Crippen molar-refractivity contribution >= 4 is 33.7 Å². The van der Waals surface area contributed by atoms with E-state index in [9.17, 15) is 14.4 Å². The van der Waals surface area contributed by atoms with Crippen molar-refractivity contribution in [1.29, 1.82) is 0 Å². The van der Waals surface area contributed by atoms with Gasteiger partial charge >= 0.3 is 11.9 Å². The van der Waals surface area contributed by atoms with E-state index < -0.39 is 30.2 Å². The molecular formula is C13H13BrO5. The Balaban J connectivity index is 3.01. The van der Waals surface area contributed by atoms with Crippen molar-refractivity contribution in [3.8, 4) is 0 Å². The third-order valence-corrected chi connectivity index (χ3v) is 3.03. The van der Waals surface area contributed by atoms with Gasteiger partial charge in [-0.3, -0.25) is 14.4 Å². The predicted octanol–water partition coefficient (Wildman–Crippen LogP) is 2.19. The molecule has 1 unspecified atom stereocenters. The van der Waals surface area contributed by atoms with Gasteiger partial charge in [-0.05, 0) is 6.07 Å². The summed E-state index contributed by atoms with van der Waals surface area (Å²) >= 11 is 3.28. The van der Waals surface area contributed by atoms with Gasteiger partial charge < -0.3 is 9.47 Å². The van der Waals surface area contributed by atoms with Crippen LogP contribution in [0, 0.1) is 0 Å². The number of esters is 2. The molecule has 102 valence electrons. The largest absolute Gasteiger partial charge is 0.469 e. The number of hydrogen-bond acceptors (Lipinski definition) is 5. The molecule has 0 spiro atoms. The zero-order valence-corrected chi connectivity index (χ0v) is 12.1. The Labute approximate surface area is 119 Å². The minimum Gasteiger partial charge on any atom is -0.469 e. The fourth-order valence-electron chi connectivity index (χ4n) is 1.46. The van der Waals surface area contributed by atoms with Crippen LogP contribution in [0.25, 0.3) is 0 Å². The molecule has 0 aliphatic rings. The molecule has 0 bridgehead atoms. The van der Waals surface area contributed by atoms with Gasteiger partial charge in [-0.15, -0.1) is 0 Å². The van der Waals surface area contributed by atoms with Crippen LogP contribution in [0.5, 0.6) is 0 Å². The van der Waals surface area contributed by atoms with Crippen LogP contribution >= 0.6 is 15.9 Å². The average Bonchev–Trinajstić information content (AvgIpc) is 2.36. The van der Waals surface area contributed by atoms with Gasteiger partial charge in [0.05, 0.1) is 7.11 Å². The van der Waals surface area contributed by atoms with E-state index in [1.54, 1.807) is 24.3 Å². The van der Waals surface area contributed by atoms with E-state index in [0.717, 1.165) is 0 Å². The van der Waals surface area contributed by atoms with E-state index in [0.29, 0.717) is 10.0 Å². The second-order valence-electron chi connectivity index (χ2n) is 3.73. The molecule has 0 aliphatic carbocycles. The Bertz CT molecular complexity index is 498. The van der Waals surface area contributed by atoms with Crippen LogP contribution < -0.4 is 0 Å². The topological polar surface area (TPSA) is 69.7 Å². The summed E-state index contributed by atoms with van der Waals surface area (Å²) in [5.74, 6) is -1.80. The standard InChI is InChI=1S/C13H13BrO5/c1-8(15)19-13(11(16)7-12(17)18-2)9-5-3-4-6-10(9)14/h3-6,13H,7H2,1-2H3. The SMILES string of the molecule is COC(=O)CC(=O)C(OC(C)=O)c1ccccc1Br. The first kappa shape index (κ1) is 15.4. The smallest absolute Gasteiger partial charge is 0.313 e. The van der Waals surface area contributed by atoms with E-state index >= 15 is 0 Å². The predicted molar refractivity (Wildman–Crippen MR) is 70.3 cm³/mol. The maximum atomic E-state index is 12.0. The zero-order valence-electron chi connectivity index (χ0n) is 10.5. The Morgan fingerprint density at radius 1 is 1.26 bits per heavy atom. The van der Waals surface area contributed by atoms with Gasteiger partial charge in [-0.1, -0.05) is 34.1 Å². The molecule has 0 saturated carbocycles. The van der Waals surface area contributed by atoms with Gasteiger partial charge in [-0.25, -0.2) is 0 Å². The number of halogens is 1.